The van der Waals surface area contributed by atoms with E-state index in [-0.39, 0.29) is 0 Å². The van der Waals surface area contributed by atoms with E-state index in [1.807, 2.05) is 0 Å². The van der Waals surface area contributed by atoms with Gasteiger partial charge in [0.15, 0.2) is 0 Å². The molecule has 0 radical (unpaired) electrons. The highest BCUT2D eigenvalue weighted by Gasteiger charge is 2.45. The quantitative estimate of drug-likeness (QED) is 0.127. The van der Waals surface area contributed by atoms with Gasteiger partial charge in [-0.3, -0.25) is 4.79 Å². The van der Waals surface area contributed by atoms with Crippen LogP contribution in [-0.2, 0) is 4.79 Å². The summed E-state index contributed by atoms with van der Waals surface area (Å²) >= 11 is 0. The summed E-state index contributed by atoms with van der Waals surface area (Å²) < 4.78 is 0. The van der Waals surface area contributed by atoms with Gasteiger partial charge in [0.2, 0.25) is 0 Å². The van der Waals surface area contributed by atoms with Gasteiger partial charge in [-0.05, 0) is 37.6 Å². The molecule has 0 spiro atoms. The Balaban J connectivity index is 2.21. The average molecular weight is 465 g/mol. The summed E-state index contributed by atoms with van der Waals surface area (Å²) in [6, 6.07) is 0. The van der Waals surface area contributed by atoms with E-state index in [1.54, 1.807) is 0 Å². The second kappa shape index (κ2) is 22.1. The number of carbonyl (C=O) groups is 1. The number of ketones is 1. The lowest BCUT2D eigenvalue weighted by Crippen LogP contribution is -2.23. The minimum Gasteiger partial charge on any atom is -0.329 e. The zero-order chi connectivity index (χ0) is 24.0. The first-order chi connectivity index (χ1) is 16.2. The van der Waals surface area contributed by atoms with Gasteiger partial charge < -0.3 is 11.1 Å². The predicted octanol–water partition coefficient (Wildman–Crippen LogP) is 8.20. The molecule has 1 fully saturated rings. The van der Waals surface area contributed by atoms with Crippen LogP contribution in [0.2, 0.25) is 0 Å². The highest BCUT2D eigenvalue weighted by Crippen LogP contribution is 2.49. The smallest absolute Gasteiger partial charge is 0.136 e. The monoisotopic (exact) mass is 464 g/mol. The summed E-state index contributed by atoms with van der Waals surface area (Å²) in [6.07, 6.45) is 27.6. The zero-order valence-electron chi connectivity index (χ0n) is 22.7. The fourth-order valence-electron chi connectivity index (χ4n) is 5.54. The molecule has 0 amide bonds. The van der Waals surface area contributed by atoms with Crippen molar-refractivity contribution in [2.24, 2.45) is 23.5 Å². The number of nitrogens with one attached hydrogen (secondary N) is 1. The van der Waals surface area contributed by atoms with Crippen LogP contribution in [0.3, 0.4) is 0 Å². The van der Waals surface area contributed by atoms with Crippen molar-refractivity contribution < 1.29 is 4.79 Å². The van der Waals surface area contributed by atoms with Gasteiger partial charge in [0.1, 0.15) is 5.78 Å². The third kappa shape index (κ3) is 16.8. The van der Waals surface area contributed by atoms with Crippen LogP contribution in [0.1, 0.15) is 149 Å². The van der Waals surface area contributed by atoms with Crippen LogP contribution in [-0.4, -0.2) is 25.4 Å². The molecule has 0 aromatic carbocycles. The molecular formula is C30H60N2O. The summed E-state index contributed by atoms with van der Waals surface area (Å²) in [6.45, 7) is 7.32. The largest absolute Gasteiger partial charge is 0.329 e. The Kier molecular flexibility index (Phi) is 20.5. The van der Waals surface area contributed by atoms with E-state index in [1.165, 1.54) is 122 Å². The Hall–Kier alpha value is -0.410. The molecule has 33 heavy (non-hydrogen) atoms. The van der Waals surface area contributed by atoms with Gasteiger partial charge in [-0.15, -0.1) is 0 Å². The van der Waals surface area contributed by atoms with Crippen molar-refractivity contribution >= 4 is 5.78 Å². The molecule has 3 nitrogen and oxygen atoms in total. The summed E-state index contributed by atoms with van der Waals surface area (Å²) in [5.74, 6) is 2.59. The van der Waals surface area contributed by atoms with Gasteiger partial charge in [0, 0.05) is 25.4 Å². The Bertz CT molecular complexity index is 423. The van der Waals surface area contributed by atoms with Gasteiger partial charge in [0.05, 0.1) is 0 Å². The fourth-order valence-corrected chi connectivity index (χ4v) is 5.54. The minimum atomic E-state index is 0.427. The molecule has 1 rings (SSSR count). The maximum absolute atomic E-state index is 12.8. The Morgan fingerprint density at radius 3 is 1.82 bits per heavy atom. The Morgan fingerprint density at radius 2 is 1.24 bits per heavy atom. The fraction of sp³-hybridized carbons (Fsp3) is 0.967. The summed E-state index contributed by atoms with van der Waals surface area (Å²) in [5.41, 5.74) is 5.49. The van der Waals surface area contributed by atoms with Crippen LogP contribution in [0.15, 0.2) is 0 Å². The Morgan fingerprint density at radius 1 is 0.727 bits per heavy atom. The van der Waals surface area contributed by atoms with E-state index in [0.717, 1.165) is 44.3 Å². The van der Waals surface area contributed by atoms with E-state index in [9.17, 15) is 4.79 Å². The normalized spacial score (nSPS) is 17.7. The highest BCUT2D eigenvalue weighted by atomic mass is 16.1. The number of Topliss-reactive ketones (excluding diaryl/α,β-unsaturated/α-hetero) is 1. The van der Waals surface area contributed by atoms with Crippen molar-refractivity contribution in [3.63, 3.8) is 0 Å². The van der Waals surface area contributed by atoms with Gasteiger partial charge in [0.25, 0.3) is 0 Å². The standard InChI is InChI=1S/C30H60N2O/c1-3-5-7-9-12-16-20-27(21-17-13-10-8-6-4-2)28-26-29(28)30(33)22-18-14-11-15-19-24-32-25-23-31/h27-29,32H,3-26,31H2,1-2H3. The molecule has 3 heteroatoms. The number of carbonyl (C=O) groups excluding carboxylic acids is 1. The number of unbranched alkanes of at least 4 members (excludes halogenated alkanes) is 14. The molecule has 1 aliphatic carbocycles. The minimum absolute atomic E-state index is 0.427. The van der Waals surface area contributed by atoms with Crippen molar-refractivity contribution in [2.45, 2.75) is 149 Å². The molecule has 0 aromatic heterocycles. The second-order valence-corrected chi connectivity index (χ2v) is 10.9. The van der Waals surface area contributed by atoms with E-state index in [4.69, 9.17) is 5.73 Å². The first-order valence-corrected chi connectivity index (χ1v) is 15.2. The number of nitrogens with two attached hydrogens (primary N) is 1. The number of hydrogen-bond acceptors (Lipinski definition) is 3. The maximum atomic E-state index is 12.8. The second-order valence-electron chi connectivity index (χ2n) is 10.9. The third-order valence-electron chi connectivity index (χ3n) is 7.81. The molecule has 0 bridgehead atoms. The first-order valence-electron chi connectivity index (χ1n) is 15.2. The molecule has 0 heterocycles. The summed E-state index contributed by atoms with van der Waals surface area (Å²) in [7, 11) is 0. The maximum Gasteiger partial charge on any atom is 0.136 e. The summed E-state index contributed by atoms with van der Waals surface area (Å²) in [4.78, 5) is 12.8. The molecule has 196 valence electrons. The van der Waals surface area contributed by atoms with Crippen LogP contribution in [0, 0.1) is 17.8 Å². The zero-order valence-corrected chi connectivity index (χ0v) is 22.7. The van der Waals surface area contributed by atoms with Gasteiger partial charge in [-0.2, -0.15) is 0 Å². The van der Waals surface area contributed by atoms with Gasteiger partial charge in [-0.25, -0.2) is 0 Å². The van der Waals surface area contributed by atoms with Crippen molar-refractivity contribution in [1.29, 1.82) is 0 Å². The lowest BCUT2D eigenvalue weighted by atomic mass is 9.88. The van der Waals surface area contributed by atoms with Gasteiger partial charge in [-0.1, -0.05) is 123 Å². The molecule has 1 saturated carbocycles. The SMILES string of the molecule is CCCCCCCCC(CCCCCCCC)C1CC1C(=O)CCCCCCCNCCN. The van der Waals surface area contributed by atoms with E-state index in [2.05, 4.69) is 19.2 Å². The molecular weight excluding hydrogens is 404 g/mol. The number of rotatable bonds is 26. The van der Waals surface area contributed by atoms with Crippen LogP contribution >= 0.6 is 0 Å². The van der Waals surface area contributed by atoms with E-state index < -0.39 is 0 Å². The van der Waals surface area contributed by atoms with Crippen LogP contribution < -0.4 is 11.1 Å². The average Bonchev–Trinajstić information content (AvgIpc) is 3.62. The van der Waals surface area contributed by atoms with E-state index in [0.29, 0.717) is 11.7 Å². The van der Waals surface area contributed by atoms with Crippen LogP contribution in [0.4, 0.5) is 0 Å². The molecule has 0 saturated heterocycles. The van der Waals surface area contributed by atoms with Gasteiger partial charge >= 0.3 is 0 Å². The third-order valence-corrected chi connectivity index (χ3v) is 7.81. The molecule has 0 aromatic rings. The van der Waals surface area contributed by atoms with Crippen LogP contribution in [0.25, 0.3) is 0 Å². The summed E-state index contributed by atoms with van der Waals surface area (Å²) in [5, 5.41) is 3.36. The lowest BCUT2D eigenvalue weighted by molar-refractivity contribution is -0.120. The van der Waals surface area contributed by atoms with Crippen molar-refractivity contribution in [1.82, 2.24) is 5.32 Å². The predicted molar refractivity (Wildman–Crippen MR) is 146 cm³/mol. The van der Waals surface area contributed by atoms with Crippen molar-refractivity contribution in [2.75, 3.05) is 19.6 Å². The lowest BCUT2D eigenvalue weighted by Gasteiger charge is -2.17. The van der Waals surface area contributed by atoms with Crippen LogP contribution in [0.5, 0.6) is 0 Å². The highest BCUT2D eigenvalue weighted by molar-refractivity contribution is 5.83. The Labute approximate surface area is 207 Å². The molecule has 0 aliphatic heterocycles. The first kappa shape index (κ1) is 30.6. The molecule has 2 unspecified atom stereocenters. The molecule has 2 atom stereocenters. The van der Waals surface area contributed by atoms with Crippen molar-refractivity contribution in [3.05, 3.63) is 0 Å². The molecule has 1 aliphatic rings. The van der Waals surface area contributed by atoms with Crippen molar-refractivity contribution in [3.8, 4) is 0 Å². The van der Waals surface area contributed by atoms with E-state index >= 15 is 0 Å². The number of hydrogen-bond donors (Lipinski definition) is 2. The molecule has 3 N–H and O–H groups in total. The topological polar surface area (TPSA) is 55.1 Å².